The molecule has 0 saturated heterocycles. The first-order valence-corrected chi connectivity index (χ1v) is 10.5. The molecule has 0 bridgehead atoms. The molecule has 3 aromatic carbocycles. The topological polar surface area (TPSA) is 92.1 Å². The van der Waals surface area contributed by atoms with E-state index in [0.29, 0.717) is 17.1 Å². The van der Waals surface area contributed by atoms with Crippen LogP contribution in [0.25, 0.3) is 16.6 Å². The average molecular weight is 435 g/mol. The summed E-state index contributed by atoms with van der Waals surface area (Å²) >= 11 is 0. The summed E-state index contributed by atoms with van der Waals surface area (Å²) in [5.74, 6) is 0.614. The summed E-state index contributed by atoms with van der Waals surface area (Å²) in [4.78, 5) is 17.5. The van der Waals surface area contributed by atoms with Gasteiger partial charge >= 0.3 is 6.03 Å². The lowest BCUT2D eigenvalue weighted by Gasteiger charge is -2.23. The van der Waals surface area contributed by atoms with E-state index in [-0.39, 0.29) is 5.75 Å². The van der Waals surface area contributed by atoms with E-state index in [0.717, 1.165) is 16.3 Å². The number of aromatic hydroxyl groups is 1. The maximum atomic E-state index is 13.2. The number of pyridine rings is 1. The Labute approximate surface area is 190 Å². The summed E-state index contributed by atoms with van der Waals surface area (Å²) in [5.41, 5.74) is 1.98. The molecule has 0 fully saturated rings. The molecule has 162 valence electrons. The Bertz CT molecular complexity index is 1400. The highest BCUT2D eigenvalue weighted by molar-refractivity contribution is 5.93. The van der Waals surface area contributed by atoms with Crippen LogP contribution in [-0.2, 0) is 0 Å². The fourth-order valence-corrected chi connectivity index (χ4v) is 3.92. The molecule has 0 aliphatic carbocycles. The number of hydrogen-bond acceptors (Lipinski definition) is 4. The van der Waals surface area contributed by atoms with Crippen LogP contribution in [-0.4, -0.2) is 25.9 Å². The van der Waals surface area contributed by atoms with Crippen molar-refractivity contribution >= 4 is 22.5 Å². The molecule has 2 aromatic heterocycles. The van der Waals surface area contributed by atoms with E-state index < -0.39 is 12.1 Å². The molecular formula is C26H21N5O2. The lowest BCUT2D eigenvalue weighted by Crippen LogP contribution is -2.33. The van der Waals surface area contributed by atoms with Gasteiger partial charge in [-0.05, 0) is 40.6 Å². The van der Waals surface area contributed by atoms with E-state index in [2.05, 4.69) is 20.7 Å². The van der Waals surface area contributed by atoms with Crippen LogP contribution < -0.4 is 10.6 Å². The molecule has 7 heteroatoms. The van der Waals surface area contributed by atoms with Crippen LogP contribution in [0.1, 0.15) is 17.2 Å². The zero-order valence-electron chi connectivity index (χ0n) is 17.6. The lowest BCUT2D eigenvalue weighted by atomic mass is 9.93. The van der Waals surface area contributed by atoms with Gasteiger partial charge < -0.3 is 15.7 Å². The molecule has 0 aliphatic heterocycles. The smallest absolute Gasteiger partial charge is 0.320 e. The average Bonchev–Trinajstić information content (AvgIpc) is 3.39. The second-order valence-corrected chi connectivity index (χ2v) is 7.49. The number of fused-ring (bicyclic) bond motifs is 1. The third kappa shape index (κ3) is 4.12. The van der Waals surface area contributed by atoms with E-state index in [1.165, 1.54) is 0 Å². The Morgan fingerprint density at radius 2 is 1.70 bits per heavy atom. The van der Waals surface area contributed by atoms with Gasteiger partial charge in [0.2, 0.25) is 0 Å². The SMILES string of the molecule is O=C(Nc1cccnc1-n1cccn1)NC(c1ccccc1)c1c(O)ccc2ccccc12. The first-order valence-electron chi connectivity index (χ1n) is 10.5. The number of nitrogens with one attached hydrogen (secondary N) is 2. The van der Waals surface area contributed by atoms with E-state index in [1.54, 1.807) is 47.5 Å². The number of amides is 2. The molecule has 7 nitrogen and oxygen atoms in total. The third-order valence-electron chi connectivity index (χ3n) is 5.40. The second kappa shape index (κ2) is 8.84. The van der Waals surface area contributed by atoms with Crippen molar-refractivity contribution in [1.82, 2.24) is 20.1 Å². The van der Waals surface area contributed by atoms with E-state index >= 15 is 0 Å². The molecule has 1 unspecified atom stereocenters. The molecule has 0 spiro atoms. The van der Waals surface area contributed by atoms with Crippen LogP contribution >= 0.6 is 0 Å². The predicted molar refractivity (Wildman–Crippen MR) is 127 cm³/mol. The van der Waals surface area contributed by atoms with Crippen LogP contribution in [0.5, 0.6) is 5.75 Å². The normalized spacial score (nSPS) is 11.8. The van der Waals surface area contributed by atoms with Crippen molar-refractivity contribution in [3.05, 3.63) is 115 Å². The standard InChI is InChI=1S/C26H21N5O2/c32-22-14-13-18-8-4-5-11-20(18)23(22)24(19-9-2-1-3-10-19)30-26(33)29-21-12-6-15-27-25(21)31-17-7-16-28-31/h1-17,24,32H,(H2,29,30,33). The maximum absolute atomic E-state index is 13.2. The van der Waals surface area contributed by atoms with Gasteiger partial charge in [-0.15, -0.1) is 0 Å². The van der Waals surface area contributed by atoms with Crippen LogP contribution in [0.3, 0.4) is 0 Å². The number of urea groups is 1. The Morgan fingerprint density at radius 1 is 0.879 bits per heavy atom. The predicted octanol–water partition coefficient (Wildman–Crippen LogP) is 5.04. The molecule has 33 heavy (non-hydrogen) atoms. The summed E-state index contributed by atoms with van der Waals surface area (Å²) in [5, 5.41) is 22.8. The zero-order valence-corrected chi connectivity index (χ0v) is 17.6. The second-order valence-electron chi connectivity index (χ2n) is 7.49. The van der Waals surface area contributed by atoms with Crippen LogP contribution in [0.2, 0.25) is 0 Å². The summed E-state index contributed by atoms with van der Waals surface area (Å²) in [6, 6.07) is 25.1. The Morgan fingerprint density at radius 3 is 2.52 bits per heavy atom. The van der Waals surface area contributed by atoms with Crippen molar-refractivity contribution in [3.63, 3.8) is 0 Å². The van der Waals surface area contributed by atoms with Gasteiger partial charge in [0.15, 0.2) is 5.82 Å². The Kier molecular flexibility index (Phi) is 5.43. The largest absolute Gasteiger partial charge is 0.508 e. The first kappa shape index (κ1) is 20.3. The van der Waals surface area contributed by atoms with E-state index in [9.17, 15) is 9.90 Å². The van der Waals surface area contributed by atoms with Crippen molar-refractivity contribution in [2.24, 2.45) is 0 Å². The molecule has 0 aliphatic rings. The fraction of sp³-hybridized carbons (Fsp3) is 0.0385. The number of carbonyl (C=O) groups is 1. The van der Waals surface area contributed by atoms with Gasteiger partial charge in [-0.1, -0.05) is 60.7 Å². The highest BCUT2D eigenvalue weighted by Crippen LogP contribution is 2.36. The van der Waals surface area contributed by atoms with Gasteiger partial charge in [0.05, 0.1) is 11.7 Å². The molecule has 3 N–H and O–H groups in total. The van der Waals surface area contributed by atoms with Crippen molar-refractivity contribution in [1.29, 1.82) is 0 Å². The van der Waals surface area contributed by atoms with Crippen molar-refractivity contribution in [3.8, 4) is 11.6 Å². The number of hydrogen-bond donors (Lipinski definition) is 3. The maximum Gasteiger partial charge on any atom is 0.320 e. The first-order chi connectivity index (χ1) is 16.2. The van der Waals surface area contributed by atoms with Crippen molar-refractivity contribution in [2.45, 2.75) is 6.04 Å². The quantitative estimate of drug-likeness (QED) is 0.361. The number of phenolic OH excluding ortho intramolecular Hbond substituents is 1. The van der Waals surface area contributed by atoms with Crippen molar-refractivity contribution < 1.29 is 9.90 Å². The molecule has 0 radical (unpaired) electrons. The molecule has 0 saturated carbocycles. The number of benzene rings is 3. The highest BCUT2D eigenvalue weighted by Gasteiger charge is 2.23. The number of anilines is 1. The minimum Gasteiger partial charge on any atom is -0.508 e. The number of nitrogens with zero attached hydrogens (tertiary/aromatic N) is 3. The highest BCUT2D eigenvalue weighted by atomic mass is 16.3. The van der Waals surface area contributed by atoms with Crippen LogP contribution in [0.15, 0.2) is 104 Å². The number of aromatic nitrogens is 3. The van der Waals surface area contributed by atoms with Gasteiger partial charge in [0, 0.05) is 24.2 Å². The van der Waals surface area contributed by atoms with Gasteiger partial charge in [0.25, 0.3) is 0 Å². The van der Waals surface area contributed by atoms with Gasteiger partial charge in [0.1, 0.15) is 5.75 Å². The number of rotatable bonds is 5. The Hall–Kier alpha value is -4.65. The van der Waals surface area contributed by atoms with E-state index in [4.69, 9.17) is 0 Å². The summed E-state index contributed by atoms with van der Waals surface area (Å²) in [6.07, 6.45) is 5.04. The number of carbonyl (C=O) groups excluding carboxylic acids is 1. The molecule has 1 atom stereocenters. The zero-order chi connectivity index (χ0) is 22.6. The molecular weight excluding hydrogens is 414 g/mol. The monoisotopic (exact) mass is 435 g/mol. The Balaban J connectivity index is 1.52. The molecule has 2 heterocycles. The summed E-state index contributed by atoms with van der Waals surface area (Å²) < 4.78 is 1.58. The van der Waals surface area contributed by atoms with Crippen LogP contribution in [0, 0.1) is 0 Å². The van der Waals surface area contributed by atoms with Gasteiger partial charge in [-0.2, -0.15) is 5.10 Å². The van der Waals surface area contributed by atoms with Crippen molar-refractivity contribution in [2.75, 3.05) is 5.32 Å². The van der Waals surface area contributed by atoms with E-state index in [1.807, 2.05) is 60.7 Å². The molecule has 5 rings (SSSR count). The van der Waals surface area contributed by atoms with Gasteiger partial charge in [-0.3, -0.25) is 0 Å². The summed E-state index contributed by atoms with van der Waals surface area (Å²) in [6.45, 7) is 0. The minimum absolute atomic E-state index is 0.112. The fourth-order valence-electron chi connectivity index (χ4n) is 3.92. The minimum atomic E-state index is -0.581. The summed E-state index contributed by atoms with van der Waals surface area (Å²) in [7, 11) is 0. The van der Waals surface area contributed by atoms with Gasteiger partial charge in [-0.25, -0.2) is 14.5 Å². The number of phenols is 1. The van der Waals surface area contributed by atoms with Crippen LogP contribution in [0.4, 0.5) is 10.5 Å². The molecule has 5 aromatic rings. The molecule has 2 amide bonds. The third-order valence-corrected chi connectivity index (χ3v) is 5.40. The lowest BCUT2D eigenvalue weighted by molar-refractivity contribution is 0.250.